The normalized spacial score (nSPS) is 32.3. The molecular weight excluding hydrogens is 311 g/mol. The summed E-state index contributed by atoms with van der Waals surface area (Å²) in [6, 6.07) is 1.86. The number of benzene rings is 1. The van der Waals surface area contributed by atoms with Gasteiger partial charge in [-0.05, 0) is 13.0 Å². The number of rotatable bonds is 2. The van der Waals surface area contributed by atoms with Gasteiger partial charge in [-0.2, -0.15) is 17.6 Å². The Morgan fingerprint density at radius 1 is 1.27 bits per heavy atom. The van der Waals surface area contributed by atoms with Crippen LogP contribution >= 0.6 is 0 Å². The summed E-state index contributed by atoms with van der Waals surface area (Å²) in [7, 11) is 1.07. The molecule has 1 aromatic carbocycles. The van der Waals surface area contributed by atoms with E-state index in [2.05, 4.69) is 0 Å². The SMILES string of the molecule is COc1c(C2C(O)OC(C)(C(F)(F)F)C2C)ccc(F)c1F. The smallest absolute Gasteiger partial charge is 0.417 e. The van der Waals surface area contributed by atoms with Gasteiger partial charge < -0.3 is 14.6 Å². The summed E-state index contributed by atoms with van der Waals surface area (Å²) in [5, 5.41) is 9.90. The fourth-order valence-electron chi connectivity index (χ4n) is 2.79. The Morgan fingerprint density at radius 3 is 2.32 bits per heavy atom. The number of hydrogen-bond acceptors (Lipinski definition) is 3. The van der Waals surface area contributed by atoms with E-state index in [-0.39, 0.29) is 5.56 Å². The summed E-state index contributed by atoms with van der Waals surface area (Å²) in [4.78, 5) is 0. The highest BCUT2D eigenvalue weighted by Crippen LogP contribution is 2.54. The minimum absolute atomic E-state index is 0.0747. The van der Waals surface area contributed by atoms with Crippen LogP contribution in [-0.4, -0.2) is 30.3 Å². The van der Waals surface area contributed by atoms with Crippen molar-refractivity contribution in [1.29, 1.82) is 0 Å². The van der Waals surface area contributed by atoms with Crippen molar-refractivity contribution in [2.75, 3.05) is 7.11 Å². The monoisotopic (exact) mass is 326 g/mol. The van der Waals surface area contributed by atoms with Gasteiger partial charge in [0.25, 0.3) is 0 Å². The van der Waals surface area contributed by atoms with Gasteiger partial charge in [0.15, 0.2) is 23.5 Å². The van der Waals surface area contributed by atoms with Gasteiger partial charge in [-0.15, -0.1) is 0 Å². The molecule has 0 aliphatic carbocycles. The molecule has 3 nitrogen and oxygen atoms in total. The molecule has 124 valence electrons. The van der Waals surface area contributed by atoms with Crippen LogP contribution in [0.15, 0.2) is 12.1 Å². The Balaban J connectivity index is 2.53. The lowest BCUT2D eigenvalue weighted by atomic mass is 9.79. The van der Waals surface area contributed by atoms with Crippen molar-refractivity contribution in [2.24, 2.45) is 5.92 Å². The number of aliphatic hydroxyl groups excluding tert-OH is 1. The highest BCUT2D eigenvalue weighted by atomic mass is 19.4. The summed E-state index contributed by atoms with van der Waals surface area (Å²) < 4.78 is 76.0. The second-order valence-corrected chi connectivity index (χ2v) is 5.41. The van der Waals surface area contributed by atoms with Gasteiger partial charge in [0.2, 0.25) is 5.82 Å². The number of hydrogen-bond donors (Lipinski definition) is 1. The van der Waals surface area contributed by atoms with Gasteiger partial charge >= 0.3 is 6.18 Å². The van der Waals surface area contributed by atoms with Crippen LogP contribution in [0.25, 0.3) is 0 Å². The van der Waals surface area contributed by atoms with E-state index in [0.717, 1.165) is 26.2 Å². The molecule has 1 saturated heterocycles. The van der Waals surface area contributed by atoms with Gasteiger partial charge in [-0.3, -0.25) is 0 Å². The maximum Gasteiger partial charge on any atom is 0.417 e. The van der Waals surface area contributed by atoms with Crippen molar-refractivity contribution < 1.29 is 36.5 Å². The first-order valence-electron chi connectivity index (χ1n) is 6.49. The van der Waals surface area contributed by atoms with Crippen molar-refractivity contribution >= 4 is 0 Å². The predicted octanol–water partition coefficient (Wildman–Crippen LogP) is 3.36. The number of methoxy groups -OCH3 is 1. The van der Waals surface area contributed by atoms with Crippen molar-refractivity contribution in [2.45, 2.75) is 37.8 Å². The predicted molar refractivity (Wildman–Crippen MR) is 66.4 cm³/mol. The molecule has 0 aromatic heterocycles. The van der Waals surface area contributed by atoms with Crippen LogP contribution in [0.4, 0.5) is 22.0 Å². The van der Waals surface area contributed by atoms with Crippen molar-refractivity contribution in [3.8, 4) is 5.75 Å². The Morgan fingerprint density at radius 2 is 1.86 bits per heavy atom. The van der Waals surface area contributed by atoms with Gasteiger partial charge in [-0.1, -0.05) is 13.0 Å². The van der Waals surface area contributed by atoms with E-state index in [1.807, 2.05) is 0 Å². The maximum atomic E-state index is 13.8. The molecule has 0 bridgehead atoms. The van der Waals surface area contributed by atoms with Crippen LogP contribution in [0.3, 0.4) is 0 Å². The van der Waals surface area contributed by atoms with Crippen LogP contribution in [0, 0.1) is 17.6 Å². The Hall–Kier alpha value is -1.41. The largest absolute Gasteiger partial charge is 0.493 e. The first-order valence-corrected chi connectivity index (χ1v) is 6.49. The molecule has 1 aliphatic rings. The molecule has 4 atom stereocenters. The average Bonchev–Trinajstić information content (AvgIpc) is 2.64. The summed E-state index contributed by atoms with van der Waals surface area (Å²) in [6.45, 7) is 2.04. The molecule has 0 saturated carbocycles. The second kappa shape index (κ2) is 5.34. The molecule has 2 rings (SSSR count). The highest BCUT2D eigenvalue weighted by Gasteiger charge is 2.64. The molecule has 1 aliphatic heterocycles. The van der Waals surface area contributed by atoms with E-state index in [9.17, 15) is 27.1 Å². The summed E-state index contributed by atoms with van der Waals surface area (Å²) >= 11 is 0. The van der Waals surface area contributed by atoms with Gasteiger partial charge in [0.05, 0.1) is 7.11 Å². The van der Waals surface area contributed by atoms with E-state index >= 15 is 0 Å². The lowest BCUT2D eigenvalue weighted by Gasteiger charge is -2.31. The molecule has 0 amide bonds. The zero-order chi connectivity index (χ0) is 16.9. The Kier molecular flexibility index (Phi) is 4.12. The Labute approximate surface area is 123 Å². The fraction of sp³-hybridized carbons (Fsp3) is 0.571. The second-order valence-electron chi connectivity index (χ2n) is 5.41. The third-order valence-electron chi connectivity index (χ3n) is 4.29. The standard InChI is InChI=1S/C14H15F5O3/c1-6-9(12(20)22-13(6,2)14(17,18)19)7-4-5-8(15)10(16)11(7)21-3/h4-6,9,12,20H,1-3H3. The molecule has 1 aromatic rings. The van der Waals surface area contributed by atoms with Gasteiger partial charge in [0, 0.05) is 17.4 Å². The number of alkyl halides is 3. The number of aliphatic hydroxyl groups is 1. The third kappa shape index (κ3) is 2.34. The summed E-state index contributed by atoms with van der Waals surface area (Å²) in [5.74, 6) is -5.50. The van der Waals surface area contributed by atoms with Crippen LogP contribution in [0.5, 0.6) is 5.75 Å². The van der Waals surface area contributed by atoms with E-state index in [0.29, 0.717) is 0 Å². The fourth-order valence-corrected chi connectivity index (χ4v) is 2.79. The minimum Gasteiger partial charge on any atom is -0.493 e. The van der Waals surface area contributed by atoms with Crippen molar-refractivity contribution in [3.05, 3.63) is 29.3 Å². The molecule has 22 heavy (non-hydrogen) atoms. The van der Waals surface area contributed by atoms with Crippen molar-refractivity contribution in [3.63, 3.8) is 0 Å². The van der Waals surface area contributed by atoms with E-state index in [1.54, 1.807) is 0 Å². The zero-order valence-corrected chi connectivity index (χ0v) is 12.0. The van der Waals surface area contributed by atoms with Gasteiger partial charge in [0.1, 0.15) is 0 Å². The van der Waals surface area contributed by atoms with Gasteiger partial charge in [-0.25, -0.2) is 4.39 Å². The third-order valence-corrected chi connectivity index (χ3v) is 4.29. The molecule has 0 spiro atoms. The Bertz CT molecular complexity index is 574. The summed E-state index contributed by atoms with van der Waals surface area (Å²) in [6.07, 6.45) is -6.55. The molecular formula is C14H15F5O3. The minimum atomic E-state index is -4.73. The lowest BCUT2D eigenvalue weighted by molar-refractivity contribution is -0.291. The number of halogens is 5. The van der Waals surface area contributed by atoms with E-state index < -0.39 is 47.3 Å². The van der Waals surface area contributed by atoms with Crippen LogP contribution < -0.4 is 4.74 Å². The molecule has 1 fully saturated rings. The van der Waals surface area contributed by atoms with E-state index in [4.69, 9.17) is 9.47 Å². The lowest BCUT2D eigenvalue weighted by Crippen LogP contribution is -2.46. The molecule has 4 unspecified atom stereocenters. The first kappa shape index (κ1) is 17.0. The quantitative estimate of drug-likeness (QED) is 0.847. The average molecular weight is 326 g/mol. The van der Waals surface area contributed by atoms with E-state index in [1.165, 1.54) is 6.92 Å². The number of ether oxygens (including phenoxy) is 2. The van der Waals surface area contributed by atoms with Crippen LogP contribution in [0.2, 0.25) is 0 Å². The molecule has 1 heterocycles. The van der Waals surface area contributed by atoms with Crippen molar-refractivity contribution in [1.82, 2.24) is 0 Å². The maximum absolute atomic E-state index is 13.8. The summed E-state index contributed by atoms with van der Waals surface area (Å²) in [5.41, 5.74) is -2.68. The topological polar surface area (TPSA) is 38.7 Å². The molecule has 1 N–H and O–H groups in total. The zero-order valence-electron chi connectivity index (χ0n) is 12.0. The highest BCUT2D eigenvalue weighted by molar-refractivity contribution is 5.40. The first-order chi connectivity index (χ1) is 10.0. The molecule has 0 radical (unpaired) electrons. The molecule has 8 heteroatoms. The van der Waals surface area contributed by atoms with Crippen LogP contribution in [0.1, 0.15) is 25.3 Å². The van der Waals surface area contributed by atoms with Crippen LogP contribution in [-0.2, 0) is 4.74 Å².